The highest BCUT2D eigenvalue weighted by molar-refractivity contribution is 7.21. The van der Waals surface area contributed by atoms with Crippen molar-refractivity contribution in [2.75, 3.05) is 0 Å². The summed E-state index contributed by atoms with van der Waals surface area (Å²) < 4.78 is 0. The number of Topliss-reactive ketones (excluding diaryl/α,β-unsaturated/α-hetero) is 1. The van der Waals surface area contributed by atoms with Gasteiger partial charge in [-0.2, -0.15) is 0 Å². The molecule has 0 aliphatic rings. The first-order chi connectivity index (χ1) is 7.34. The quantitative estimate of drug-likeness (QED) is 0.498. The molecule has 2 atom stereocenters. The van der Waals surface area contributed by atoms with Gasteiger partial charge in [0.2, 0.25) is 0 Å². The summed E-state index contributed by atoms with van der Waals surface area (Å²) in [4.78, 5) is 22.7. The minimum Gasteiger partial charge on any atom is -0.480 e. The third kappa shape index (κ3) is 2.48. The van der Waals surface area contributed by atoms with Crippen molar-refractivity contribution < 1.29 is 14.7 Å². The van der Waals surface area contributed by atoms with Gasteiger partial charge in [0.05, 0.1) is 0 Å². The Hall–Kier alpha value is -1.21. The molecular weight excluding hydrogens is 223 g/mol. The topological polar surface area (TPSA) is 54.4 Å². The van der Waals surface area contributed by atoms with Gasteiger partial charge in [-0.1, -0.05) is 17.7 Å². The maximum atomic E-state index is 11.9. The number of ketones is 1. The molecule has 0 aromatic heterocycles. The molecule has 3 nitrogen and oxygen atoms in total. The molecule has 4 heteroatoms. The van der Waals surface area contributed by atoms with Crippen LogP contribution in [0.1, 0.15) is 27.0 Å². The second-order valence-electron chi connectivity index (χ2n) is 3.95. The Labute approximate surface area is 97.1 Å². The zero-order valence-electron chi connectivity index (χ0n) is 9.57. The van der Waals surface area contributed by atoms with Gasteiger partial charge in [0.1, 0.15) is 5.66 Å². The third-order valence-electron chi connectivity index (χ3n) is 2.47. The van der Waals surface area contributed by atoms with E-state index in [4.69, 9.17) is 5.11 Å². The summed E-state index contributed by atoms with van der Waals surface area (Å²) in [7, 11) is 2.07. The molecule has 0 radical (unpaired) electrons. The summed E-state index contributed by atoms with van der Waals surface area (Å²) in [5.74, 6) is -1.47. The van der Waals surface area contributed by atoms with Gasteiger partial charge in [-0.25, -0.2) is 0 Å². The predicted molar refractivity (Wildman–Crippen MR) is 66.1 cm³/mol. The van der Waals surface area contributed by atoms with Crippen molar-refractivity contribution in [3.8, 4) is 0 Å². The summed E-state index contributed by atoms with van der Waals surface area (Å²) in [6, 6.07) is 3.78. The van der Waals surface area contributed by atoms with E-state index in [0.717, 1.165) is 16.7 Å². The maximum absolute atomic E-state index is 11.9. The highest BCUT2D eigenvalue weighted by Crippen LogP contribution is 2.20. The van der Waals surface area contributed by atoms with E-state index >= 15 is 0 Å². The van der Waals surface area contributed by atoms with E-state index in [-0.39, 0.29) is 5.78 Å². The van der Waals surface area contributed by atoms with Crippen LogP contribution >= 0.6 is 9.24 Å². The van der Waals surface area contributed by atoms with Crippen LogP contribution in [0.25, 0.3) is 0 Å². The standard InChI is InChI=1S/C12H15O3P/c1-6-4-7(2)9(8(3)5-6)10(13)11(16)12(14)15/h4-5,11H,16H2,1-3H3,(H,14,15). The van der Waals surface area contributed by atoms with E-state index < -0.39 is 11.6 Å². The number of aryl methyl sites for hydroxylation is 3. The molecular formula is C12H15O3P. The van der Waals surface area contributed by atoms with Crippen molar-refractivity contribution in [3.05, 3.63) is 34.4 Å². The molecule has 1 N–H and O–H groups in total. The highest BCUT2D eigenvalue weighted by atomic mass is 31.0. The van der Waals surface area contributed by atoms with Gasteiger partial charge >= 0.3 is 5.97 Å². The van der Waals surface area contributed by atoms with Gasteiger partial charge in [-0.05, 0) is 31.9 Å². The average molecular weight is 238 g/mol. The van der Waals surface area contributed by atoms with E-state index in [2.05, 4.69) is 9.24 Å². The first-order valence-corrected chi connectivity index (χ1v) is 5.61. The van der Waals surface area contributed by atoms with E-state index in [0.29, 0.717) is 5.56 Å². The normalized spacial score (nSPS) is 12.2. The van der Waals surface area contributed by atoms with Crippen LogP contribution in [-0.2, 0) is 4.79 Å². The van der Waals surface area contributed by atoms with Crippen molar-refractivity contribution >= 4 is 21.0 Å². The molecule has 1 aromatic carbocycles. The lowest BCUT2D eigenvalue weighted by Crippen LogP contribution is -2.25. The zero-order valence-corrected chi connectivity index (χ0v) is 10.7. The molecule has 0 heterocycles. The summed E-state index contributed by atoms with van der Waals surface area (Å²) in [6.45, 7) is 5.60. The Balaban J connectivity index is 3.24. The van der Waals surface area contributed by atoms with Crippen LogP contribution in [0.3, 0.4) is 0 Å². The first kappa shape index (κ1) is 12.9. The molecule has 0 aliphatic heterocycles. The van der Waals surface area contributed by atoms with Crippen LogP contribution in [0, 0.1) is 20.8 Å². The zero-order chi connectivity index (χ0) is 12.5. The van der Waals surface area contributed by atoms with E-state index in [1.165, 1.54) is 0 Å². The minimum absolute atomic E-state index is 0.354. The predicted octanol–water partition coefficient (Wildman–Crippen LogP) is 2.12. The van der Waals surface area contributed by atoms with Gasteiger partial charge in [0, 0.05) is 5.56 Å². The summed E-state index contributed by atoms with van der Waals surface area (Å²) in [5, 5.41) is 8.81. The fourth-order valence-electron chi connectivity index (χ4n) is 1.84. The van der Waals surface area contributed by atoms with Gasteiger partial charge in [0.25, 0.3) is 0 Å². The van der Waals surface area contributed by atoms with Crippen molar-refractivity contribution in [2.24, 2.45) is 0 Å². The van der Waals surface area contributed by atoms with Crippen LogP contribution in [0.15, 0.2) is 12.1 Å². The summed E-state index contributed by atoms with van der Waals surface area (Å²) in [5.41, 5.74) is 2.18. The summed E-state index contributed by atoms with van der Waals surface area (Å²) in [6.07, 6.45) is 0. The Kier molecular flexibility index (Phi) is 3.82. The van der Waals surface area contributed by atoms with Gasteiger partial charge in [0.15, 0.2) is 5.78 Å². The van der Waals surface area contributed by atoms with Crippen LogP contribution in [0.2, 0.25) is 0 Å². The molecule has 86 valence electrons. The SMILES string of the molecule is Cc1cc(C)c(C(=O)C(P)C(=O)O)c(C)c1. The number of rotatable bonds is 3. The largest absolute Gasteiger partial charge is 0.480 e. The first-order valence-electron chi connectivity index (χ1n) is 4.95. The molecule has 0 aliphatic carbocycles. The van der Waals surface area contributed by atoms with E-state index in [1.807, 2.05) is 32.9 Å². The van der Waals surface area contributed by atoms with Crippen molar-refractivity contribution in [2.45, 2.75) is 26.4 Å². The number of carbonyl (C=O) groups excluding carboxylic acids is 1. The Morgan fingerprint density at radius 3 is 2.00 bits per heavy atom. The molecule has 0 amide bonds. The van der Waals surface area contributed by atoms with Crippen LogP contribution < -0.4 is 0 Å². The number of carbonyl (C=O) groups is 2. The lowest BCUT2D eigenvalue weighted by Gasteiger charge is -2.12. The van der Waals surface area contributed by atoms with Crippen LogP contribution in [0.5, 0.6) is 0 Å². The number of benzene rings is 1. The van der Waals surface area contributed by atoms with Crippen LogP contribution in [-0.4, -0.2) is 22.5 Å². The maximum Gasteiger partial charge on any atom is 0.318 e. The highest BCUT2D eigenvalue weighted by Gasteiger charge is 2.24. The molecule has 0 spiro atoms. The molecule has 0 saturated heterocycles. The molecule has 2 unspecified atom stereocenters. The fourth-order valence-corrected chi connectivity index (χ4v) is 2.00. The van der Waals surface area contributed by atoms with Crippen molar-refractivity contribution in [3.63, 3.8) is 0 Å². The Morgan fingerprint density at radius 2 is 1.62 bits per heavy atom. The monoisotopic (exact) mass is 238 g/mol. The minimum atomic E-state index is -1.12. The van der Waals surface area contributed by atoms with E-state index in [1.54, 1.807) is 0 Å². The smallest absolute Gasteiger partial charge is 0.318 e. The number of aliphatic carboxylic acids is 1. The number of hydrogen-bond donors (Lipinski definition) is 1. The second-order valence-corrected chi connectivity index (χ2v) is 4.62. The molecule has 0 bridgehead atoms. The fraction of sp³-hybridized carbons (Fsp3) is 0.333. The van der Waals surface area contributed by atoms with Gasteiger partial charge < -0.3 is 5.11 Å². The van der Waals surface area contributed by atoms with Crippen molar-refractivity contribution in [1.82, 2.24) is 0 Å². The molecule has 0 saturated carbocycles. The van der Waals surface area contributed by atoms with E-state index in [9.17, 15) is 9.59 Å². The van der Waals surface area contributed by atoms with Gasteiger partial charge in [-0.3, -0.25) is 9.59 Å². The van der Waals surface area contributed by atoms with Crippen molar-refractivity contribution in [1.29, 1.82) is 0 Å². The Morgan fingerprint density at radius 1 is 1.19 bits per heavy atom. The lowest BCUT2D eigenvalue weighted by atomic mass is 9.95. The molecule has 1 rings (SSSR count). The summed E-state index contributed by atoms with van der Waals surface area (Å²) >= 11 is 0. The third-order valence-corrected chi connectivity index (χ3v) is 3.06. The Bertz CT molecular complexity index is 429. The van der Waals surface area contributed by atoms with Gasteiger partial charge in [-0.15, -0.1) is 9.24 Å². The lowest BCUT2D eigenvalue weighted by molar-refractivity contribution is -0.135. The molecule has 0 fully saturated rings. The molecule has 1 aromatic rings. The number of carboxylic acid groups (broad SMARTS) is 1. The average Bonchev–Trinajstić information content (AvgIpc) is 2.14. The second kappa shape index (κ2) is 4.75. The number of hydrogen-bond acceptors (Lipinski definition) is 2. The van der Waals surface area contributed by atoms with Crippen LogP contribution in [0.4, 0.5) is 0 Å². The number of carboxylic acids is 1. The molecule has 16 heavy (non-hydrogen) atoms.